The van der Waals surface area contributed by atoms with E-state index in [1.54, 1.807) is 13.0 Å². The highest BCUT2D eigenvalue weighted by Gasteiger charge is 2.30. The number of H-pyrrole nitrogens is 1. The number of hydrogen-bond acceptors (Lipinski definition) is 4. The number of carbonyl (C=O) groups is 1. The molecule has 30 heavy (non-hydrogen) atoms. The molecule has 0 spiro atoms. The first-order chi connectivity index (χ1) is 14.2. The third-order valence-electron chi connectivity index (χ3n) is 5.30. The molecule has 0 aliphatic heterocycles. The maximum absolute atomic E-state index is 12.9. The summed E-state index contributed by atoms with van der Waals surface area (Å²) in [6, 6.07) is 4.33. The SMILES string of the molecule is C[C@H](NC(=O)CCc1nc2sc3c(c2c(=O)[nH]1)CCC3)c1cccc(C(F)(F)F)c1. The van der Waals surface area contributed by atoms with Gasteiger partial charge in [0.05, 0.1) is 17.0 Å². The molecular weight excluding hydrogens is 415 g/mol. The first-order valence-corrected chi connectivity index (χ1v) is 10.5. The highest BCUT2D eigenvalue weighted by molar-refractivity contribution is 7.18. The van der Waals surface area contributed by atoms with E-state index >= 15 is 0 Å². The van der Waals surface area contributed by atoms with E-state index in [9.17, 15) is 22.8 Å². The smallest absolute Gasteiger partial charge is 0.350 e. The average Bonchev–Trinajstić information content (AvgIpc) is 3.26. The predicted octanol–water partition coefficient (Wildman–Crippen LogP) is 4.30. The number of rotatable bonds is 5. The second-order valence-electron chi connectivity index (χ2n) is 7.46. The van der Waals surface area contributed by atoms with Crippen LogP contribution in [0.3, 0.4) is 0 Å². The zero-order chi connectivity index (χ0) is 21.5. The second kappa shape index (κ2) is 7.86. The van der Waals surface area contributed by atoms with Gasteiger partial charge in [-0.1, -0.05) is 12.1 Å². The average molecular weight is 435 g/mol. The van der Waals surface area contributed by atoms with Gasteiger partial charge in [0.2, 0.25) is 5.91 Å². The topological polar surface area (TPSA) is 74.8 Å². The summed E-state index contributed by atoms with van der Waals surface area (Å²) in [7, 11) is 0. The summed E-state index contributed by atoms with van der Waals surface area (Å²) in [5, 5.41) is 3.37. The number of nitrogens with one attached hydrogen (secondary N) is 2. The second-order valence-corrected chi connectivity index (χ2v) is 8.55. The van der Waals surface area contributed by atoms with Crippen molar-refractivity contribution >= 4 is 27.5 Å². The van der Waals surface area contributed by atoms with Gasteiger partial charge in [-0.3, -0.25) is 9.59 Å². The molecule has 2 heterocycles. The monoisotopic (exact) mass is 435 g/mol. The molecular formula is C21H20F3N3O2S. The standard InChI is InChI=1S/C21H20F3N3O2S/c1-11(12-4-2-5-13(10-12)21(22,23)24)25-17(28)9-8-16-26-19(29)18-14-6-3-7-15(14)30-20(18)27-16/h2,4-5,10-11H,3,6-9H2,1H3,(H,25,28)(H,26,27,29)/t11-/m0/s1. The third kappa shape index (κ3) is 4.12. The van der Waals surface area contributed by atoms with Crippen molar-refractivity contribution in [2.75, 3.05) is 0 Å². The quantitative estimate of drug-likeness (QED) is 0.628. The molecule has 1 aromatic carbocycles. The van der Waals surface area contributed by atoms with E-state index in [0.717, 1.165) is 37.0 Å². The van der Waals surface area contributed by atoms with Gasteiger partial charge in [-0.2, -0.15) is 13.2 Å². The molecule has 2 N–H and O–H groups in total. The van der Waals surface area contributed by atoms with Crippen LogP contribution in [0.4, 0.5) is 13.2 Å². The molecule has 0 saturated heterocycles. The van der Waals surface area contributed by atoms with Crippen LogP contribution < -0.4 is 10.9 Å². The van der Waals surface area contributed by atoms with Crippen molar-refractivity contribution in [1.29, 1.82) is 0 Å². The van der Waals surface area contributed by atoms with Crippen molar-refractivity contribution in [1.82, 2.24) is 15.3 Å². The number of fused-ring (bicyclic) bond motifs is 3. The molecule has 5 nitrogen and oxygen atoms in total. The minimum absolute atomic E-state index is 0.0723. The molecule has 4 rings (SSSR count). The number of nitrogens with zero attached hydrogens (tertiary/aromatic N) is 1. The molecule has 0 saturated carbocycles. The number of alkyl halides is 3. The van der Waals surface area contributed by atoms with E-state index in [1.807, 2.05) is 0 Å². The highest BCUT2D eigenvalue weighted by Crippen LogP contribution is 2.34. The number of halogens is 3. The van der Waals surface area contributed by atoms with Crippen molar-refractivity contribution in [3.8, 4) is 0 Å². The zero-order valence-corrected chi connectivity index (χ0v) is 17.0. The molecule has 158 valence electrons. The number of amides is 1. The molecule has 1 amide bonds. The Morgan fingerprint density at radius 2 is 2.13 bits per heavy atom. The molecule has 1 atom stereocenters. The maximum Gasteiger partial charge on any atom is 0.416 e. The highest BCUT2D eigenvalue weighted by atomic mass is 32.1. The Bertz CT molecular complexity index is 1170. The minimum atomic E-state index is -4.43. The summed E-state index contributed by atoms with van der Waals surface area (Å²) in [5.41, 5.74) is 0.549. The van der Waals surface area contributed by atoms with Gasteiger partial charge >= 0.3 is 6.18 Å². The fraction of sp³-hybridized carbons (Fsp3) is 0.381. The molecule has 9 heteroatoms. The molecule has 3 aromatic rings. The lowest BCUT2D eigenvalue weighted by atomic mass is 10.0. The van der Waals surface area contributed by atoms with Crippen LogP contribution in [0.15, 0.2) is 29.1 Å². The fourth-order valence-corrected chi connectivity index (χ4v) is 5.06. The van der Waals surface area contributed by atoms with Crippen LogP contribution in [0.1, 0.15) is 53.2 Å². The van der Waals surface area contributed by atoms with Gasteiger partial charge in [0.25, 0.3) is 5.56 Å². The largest absolute Gasteiger partial charge is 0.416 e. The van der Waals surface area contributed by atoms with Gasteiger partial charge in [-0.25, -0.2) is 4.98 Å². The van der Waals surface area contributed by atoms with Crippen molar-refractivity contribution in [2.45, 2.75) is 51.2 Å². The summed E-state index contributed by atoms with van der Waals surface area (Å²) in [4.78, 5) is 33.9. The number of carbonyl (C=O) groups excluding carboxylic acids is 1. The molecule has 2 aromatic heterocycles. The van der Waals surface area contributed by atoms with Crippen LogP contribution in [0, 0.1) is 0 Å². The van der Waals surface area contributed by atoms with Crippen molar-refractivity contribution in [2.24, 2.45) is 0 Å². The summed E-state index contributed by atoms with van der Waals surface area (Å²) in [6.45, 7) is 1.63. The Balaban J connectivity index is 1.41. The number of aromatic nitrogens is 2. The Labute approximate surface area is 174 Å². The summed E-state index contributed by atoms with van der Waals surface area (Å²) >= 11 is 1.54. The van der Waals surface area contributed by atoms with E-state index in [0.29, 0.717) is 21.6 Å². The minimum Gasteiger partial charge on any atom is -0.350 e. The fourth-order valence-electron chi connectivity index (χ4n) is 3.78. The van der Waals surface area contributed by atoms with Gasteiger partial charge in [0.15, 0.2) is 0 Å². The summed E-state index contributed by atoms with van der Waals surface area (Å²) < 4.78 is 38.6. The number of thiophene rings is 1. The van der Waals surface area contributed by atoms with Crippen LogP contribution in [0.5, 0.6) is 0 Å². The van der Waals surface area contributed by atoms with E-state index < -0.39 is 17.8 Å². The van der Waals surface area contributed by atoms with Gasteiger partial charge in [0, 0.05) is 17.7 Å². The molecule has 0 fully saturated rings. The Morgan fingerprint density at radius 3 is 2.90 bits per heavy atom. The lowest BCUT2D eigenvalue weighted by Gasteiger charge is -2.16. The Hall–Kier alpha value is -2.68. The van der Waals surface area contributed by atoms with Gasteiger partial charge in [-0.15, -0.1) is 11.3 Å². The van der Waals surface area contributed by atoms with E-state index in [1.165, 1.54) is 22.3 Å². The summed E-state index contributed by atoms with van der Waals surface area (Å²) in [5.74, 6) is 0.116. The normalized spacial score (nSPS) is 14.7. The first-order valence-electron chi connectivity index (χ1n) is 9.72. The maximum atomic E-state index is 12.9. The molecule has 0 unspecified atom stereocenters. The van der Waals surface area contributed by atoms with E-state index in [2.05, 4.69) is 15.3 Å². The van der Waals surface area contributed by atoms with Gasteiger partial charge in [0.1, 0.15) is 10.7 Å². The first kappa shape index (κ1) is 20.6. The van der Waals surface area contributed by atoms with E-state index in [4.69, 9.17) is 0 Å². The summed E-state index contributed by atoms with van der Waals surface area (Å²) in [6.07, 6.45) is -1.19. The molecule has 1 aliphatic rings. The molecule has 1 aliphatic carbocycles. The number of aromatic amines is 1. The lowest BCUT2D eigenvalue weighted by molar-refractivity contribution is -0.137. The van der Waals surface area contributed by atoms with Crippen LogP contribution in [-0.2, 0) is 30.2 Å². The molecule has 0 radical (unpaired) electrons. The number of benzene rings is 1. The lowest BCUT2D eigenvalue weighted by Crippen LogP contribution is -2.27. The van der Waals surface area contributed by atoms with Gasteiger partial charge in [-0.05, 0) is 49.4 Å². The van der Waals surface area contributed by atoms with Crippen LogP contribution in [0.2, 0.25) is 0 Å². The molecule has 0 bridgehead atoms. The number of hydrogen-bond donors (Lipinski definition) is 2. The Kier molecular flexibility index (Phi) is 5.40. The number of aryl methyl sites for hydroxylation is 3. The third-order valence-corrected chi connectivity index (χ3v) is 6.49. The van der Waals surface area contributed by atoms with Crippen LogP contribution in [0.25, 0.3) is 10.2 Å². The van der Waals surface area contributed by atoms with E-state index in [-0.39, 0.29) is 24.3 Å². The van der Waals surface area contributed by atoms with Crippen molar-refractivity contribution < 1.29 is 18.0 Å². The zero-order valence-electron chi connectivity index (χ0n) is 16.2. The van der Waals surface area contributed by atoms with Crippen molar-refractivity contribution in [3.63, 3.8) is 0 Å². The predicted molar refractivity (Wildman–Crippen MR) is 109 cm³/mol. The Morgan fingerprint density at radius 1 is 1.33 bits per heavy atom. The van der Waals surface area contributed by atoms with Gasteiger partial charge < -0.3 is 10.3 Å². The van der Waals surface area contributed by atoms with Crippen LogP contribution >= 0.6 is 11.3 Å². The van der Waals surface area contributed by atoms with Crippen molar-refractivity contribution in [3.05, 3.63) is 62.0 Å². The van der Waals surface area contributed by atoms with Crippen LogP contribution in [-0.4, -0.2) is 15.9 Å².